The Morgan fingerprint density at radius 1 is 1.59 bits per heavy atom. The second-order valence-corrected chi connectivity index (χ2v) is 4.58. The van der Waals surface area contributed by atoms with Gasteiger partial charge in [0.2, 0.25) is 0 Å². The van der Waals surface area contributed by atoms with Crippen molar-refractivity contribution in [3.63, 3.8) is 0 Å². The van der Waals surface area contributed by atoms with Crippen LogP contribution >= 0.6 is 23.2 Å². The van der Waals surface area contributed by atoms with Crippen LogP contribution in [0.25, 0.3) is 0 Å². The number of carbonyl (C=O) groups excluding carboxylic acids is 1. The number of nitrogens with one attached hydrogen (secondary N) is 1. The molecular weight excluding hydrogens is 263 g/mol. The highest BCUT2D eigenvalue weighted by Gasteiger charge is 2.17. The average molecular weight is 279 g/mol. The van der Waals surface area contributed by atoms with Crippen molar-refractivity contribution >= 4 is 29.1 Å². The van der Waals surface area contributed by atoms with Crippen LogP contribution in [0.5, 0.6) is 0 Å². The van der Waals surface area contributed by atoms with Gasteiger partial charge in [0, 0.05) is 19.7 Å². The van der Waals surface area contributed by atoms with Gasteiger partial charge in [-0.3, -0.25) is 4.79 Å². The number of halogens is 2. The monoisotopic (exact) mass is 278 g/mol. The molecule has 0 saturated heterocycles. The molecule has 0 aliphatic rings. The zero-order chi connectivity index (χ0) is 13.0. The molecule has 1 atom stereocenters. The van der Waals surface area contributed by atoms with E-state index in [4.69, 9.17) is 28.3 Å². The molecule has 17 heavy (non-hydrogen) atoms. The summed E-state index contributed by atoms with van der Waals surface area (Å²) in [5, 5.41) is 12.4. The molecule has 0 aliphatic carbocycles. The summed E-state index contributed by atoms with van der Waals surface area (Å²) in [4.78, 5) is 11.9. The van der Waals surface area contributed by atoms with Gasteiger partial charge in [0.1, 0.15) is 10.8 Å². The first-order chi connectivity index (χ1) is 8.01. The molecule has 6 heteroatoms. The number of aliphatic hydroxyl groups excluding tert-OH is 1. The third kappa shape index (κ3) is 3.37. The Labute approximate surface area is 111 Å². The number of hydrogen-bond acceptors (Lipinski definition) is 2. The molecular formula is C11H16Cl2N2O2. The molecule has 1 rings (SSSR count). The maximum atomic E-state index is 11.9. The highest BCUT2D eigenvalue weighted by molar-refractivity contribution is 6.41. The van der Waals surface area contributed by atoms with Crippen LogP contribution in [0.3, 0.4) is 0 Å². The molecule has 0 aromatic carbocycles. The van der Waals surface area contributed by atoms with Crippen molar-refractivity contribution in [2.24, 2.45) is 7.05 Å². The lowest BCUT2D eigenvalue weighted by molar-refractivity contribution is 0.0921. The number of nitrogens with zero attached hydrogens (tertiary/aromatic N) is 1. The van der Waals surface area contributed by atoms with Gasteiger partial charge in [0.25, 0.3) is 5.91 Å². The smallest absolute Gasteiger partial charge is 0.268 e. The van der Waals surface area contributed by atoms with Crippen molar-refractivity contribution in [2.75, 3.05) is 6.61 Å². The van der Waals surface area contributed by atoms with Crippen molar-refractivity contribution in [3.05, 3.63) is 21.9 Å². The molecule has 0 radical (unpaired) electrons. The largest absolute Gasteiger partial charge is 0.396 e. The van der Waals surface area contributed by atoms with Crippen LogP contribution < -0.4 is 5.32 Å². The predicted molar refractivity (Wildman–Crippen MR) is 68.7 cm³/mol. The molecule has 1 amide bonds. The van der Waals surface area contributed by atoms with E-state index in [1.165, 1.54) is 10.6 Å². The molecule has 96 valence electrons. The van der Waals surface area contributed by atoms with Gasteiger partial charge in [-0.25, -0.2) is 0 Å². The van der Waals surface area contributed by atoms with Crippen LogP contribution in [-0.2, 0) is 7.05 Å². The molecule has 0 spiro atoms. The normalized spacial score (nSPS) is 12.5. The lowest BCUT2D eigenvalue weighted by Crippen LogP contribution is -2.35. The quantitative estimate of drug-likeness (QED) is 0.868. The highest BCUT2D eigenvalue weighted by Crippen LogP contribution is 2.25. The van der Waals surface area contributed by atoms with Crippen LogP contribution in [0, 0.1) is 0 Å². The average Bonchev–Trinajstić information content (AvgIpc) is 2.56. The zero-order valence-corrected chi connectivity index (χ0v) is 11.3. The number of rotatable bonds is 5. The first-order valence-corrected chi connectivity index (χ1v) is 6.19. The molecule has 1 aromatic heterocycles. The van der Waals surface area contributed by atoms with E-state index in [2.05, 4.69) is 5.32 Å². The van der Waals surface area contributed by atoms with Crippen molar-refractivity contribution < 1.29 is 9.90 Å². The van der Waals surface area contributed by atoms with Crippen molar-refractivity contribution in [1.82, 2.24) is 9.88 Å². The summed E-state index contributed by atoms with van der Waals surface area (Å²) in [6.07, 6.45) is 1.30. The molecule has 1 aromatic rings. The summed E-state index contributed by atoms with van der Waals surface area (Å²) >= 11 is 11.7. The first kappa shape index (κ1) is 14.4. The lowest BCUT2D eigenvalue weighted by Gasteiger charge is -2.15. The Hall–Kier alpha value is -0.710. The summed E-state index contributed by atoms with van der Waals surface area (Å²) < 4.78 is 1.53. The van der Waals surface area contributed by atoms with Gasteiger partial charge in [0.15, 0.2) is 0 Å². The minimum atomic E-state index is -0.235. The minimum Gasteiger partial charge on any atom is -0.396 e. The second kappa shape index (κ2) is 6.28. The first-order valence-electron chi connectivity index (χ1n) is 5.43. The second-order valence-electron chi connectivity index (χ2n) is 3.82. The van der Waals surface area contributed by atoms with E-state index in [1.807, 2.05) is 6.92 Å². The third-order valence-corrected chi connectivity index (χ3v) is 3.50. The third-order valence-electron chi connectivity index (χ3n) is 2.65. The molecule has 4 nitrogen and oxygen atoms in total. The Kier molecular flexibility index (Phi) is 5.31. The maximum Gasteiger partial charge on any atom is 0.268 e. The van der Waals surface area contributed by atoms with E-state index in [0.29, 0.717) is 22.3 Å². The van der Waals surface area contributed by atoms with E-state index in [1.54, 1.807) is 7.05 Å². The molecule has 1 unspecified atom stereocenters. The van der Waals surface area contributed by atoms with Crippen molar-refractivity contribution in [3.8, 4) is 0 Å². The summed E-state index contributed by atoms with van der Waals surface area (Å²) in [5.74, 6) is -0.235. The van der Waals surface area contributed by atoms with Crippen molar-refractivity contribution in [2.45, 2.75) is 25.8 Å². The van der Waals surface area contributed by atoms with Gasteiger partial charge in [-0.2, -0.15) is 0 Å². The van der Waals surface area contributed by atoms with Crippen LogP contribution in [0.4, 0.5) is 0 Å². The van der Waals surface area contributed by atoms with Gasteiger partial charge in [-0.15, -0.1) is 0 Å². The number of hydrogen-bond donors (Lipinski definition) is 2. The fourth-order valence-corrected chi connectivity index (χ4v) is 1.93. The Balaban J connectivity index is 2.79. The van der Waals surface area contributed by atoms with E-state index in [-0.39, 0.29) is 18.6 Å². The summed E-state index contributed by atoms with van der Waals surface area (Å²) in [7, 11) is 1.68. The number of carbonyl (C=O) groups is 1. The maximum absolute atomic E-state index is 11.9. The minimum absolute atomic E-state index is 0.0417. The van der Waals surface area contributed by atoms with Crippen molar-refractivity contribution in [1.29, 1.82) is 0 Å². The van der Waals surface area contributed by atoms with Gasteiger partial charge in [0.05, 0.1) is 5.02 Å². The molecule has 0 aliphatic heterocycles. The van der Waals surface area contributed by atoms with Gasteiger partial charge < -0.3 is 15.0 Å². The number of aromatic nitrogens is 1. The van der Waals surface area contributed by atoms with E-state index < -0.39 is 0 Å². The highest BCUT2D eigenvalue weighted by atomic mass is 35.5. The summed E-state index contributed by atoms with van der Waals surface area (Å²) in [5.41, 5.74) is 0.413. The predicted octanol–water partition coefficient (Wildman–Crippen LogP) is 2.22. The fraction of sp³-hybridized carbons (Fsp3) is 0.545. The zero-order valence-electron chi connectivity index (χ0n) is 9.83. The van der Waals surface area contributed by atoms with Crippen LogP contribution in [-0.4, -0.2) is 28.2 Å². The Morgan fingerprint density at radius 3 is 2.65 bits per heavy atom. The SMILES string of the molecule is CCC(CCO)NC(=O)c1cc(Cl)c(Cl)n1C. The van der Waals surface area contributed by atoms with Gasteiger partial charge in [-0.05, 0) is 18.9 Å². The molecule has 2 N–H and O–H groups in total. The number of amides is 1. The summed E-state index contributed by atoms with van der Waals surface area (Å²) in [6, 6.07) is 1.49. The van der Waals surface area contributed by atoms with Crippen LogP contribution in [0.15, 0.2) is 6.07 Å². The van der Waals surface area contributed by atoms with Crippen LogP contribution in [0.1, 0.15) is 30.3 Å². The van der Waals surface area contributed by atoms with Gasteiger partial charge >= 0.3 is 0 Å². The fourth-order valence-electron chi connectivity index (χ4n) is 1.55. The van der Waals surface area contributed by atoms with Crippen LogP contribution in [0.2, 0.25) is 10.2 Å². The molecule has 0 saturated carbocycles. The van der Waals surface area contributed by atoms with E-state index in [0.717, 1.165) is 6.42 Å². The summed E-state index contributed by atoms with van der Waals surface area (Å²) in [6.45, 7) is 2.00. The lowest BCUT2D eigenvalue weighted by atomic mass is 10.1. The topological polar surface area (TPSA) is 54.3 Å². The molecule has 0 bridgehead atoms. The molecule has 0 fully saturated rings. The number of aliphatic hydroxyl groups is 1. The Bertz CT molecular complexity index is 404. The Morgan fingerprint density at radius 2 is 2.24 bits per heavy atom. The standard InChI is InChI=1S/C11H16Cl2N2O2/c1-3-7(4-5-16)14-11(17)9-6-8(12)10(13)15(9)2/h6-7,16H,3-5H2,1-2H3,(H,14,17). The van der Waals surface area contributed by atoms with Gasteiger partial charge in [-0.1, -0.05) is 30.1 Å². The molecule has 1 heterocycles. The van der Waals surface area contributed by atoms with E-state index >= 15 is 0 Å². The van der Waals surface area contributed by atoms with E-state index in [9.17, 15) is 4.79 Å².